The van der Waals surface area contributed by atoms with Crippen molar-refractivity contribution in [2.24, 2.45) is 23.7 Å². The first-order valence-electron chi connectivity index (χ1n) is 10.0. The van der Waals surface area contributed by atoms with Crippen LogP contribution in [0.4, 0.5) is 5.69 Å². The minimum Gasteiger partial charge on any atom is -0.457 e. The molecular formula is C25H19NO3. The van der Waals surface area contributed by atoms with Gasteiger partial charge in [-0.3, -0.25) is 14.5 Å². The van der Waals surface area contributed by atoms with Gasteiger partial charge in [-0.2, -0.15) is 0 Å². The van der Waals surface area contributed by atoms with E-state index < -0.39 is 0 Å². The van der Waals surface area contributed by atoms with E-state index in [0.717, 1.165) is 22.9 Å². The quantitative estimate of drug-likeness (QED) is 0.477. The molecule has 1 saturated heterocycles. The lowest BCUT2D eigenvalue weighted by atomic mass is 9.85. The Balaban J connectivity index is 1.24. The van der Waals surface area contributed by atoms with Gasteiger partial charge in [-0.1, -0.05) is 42.5 Å². The van der Waals surface area contributed by atoms with Gasteiger partial charge in [0.25, 0.3) is 0 Å². The Labute approximate surface area is 168 Å². The Hall–Kier alpha value is -3.40. The number of rotatable bonds is 3. The summed E-state index contributed by atoms with van der Waals surface area (Å²) in [4.78, 5) is 27.2. The Morgan fingerprint density at radius 3 is 2.03 bits per heavy atom. The molecule has 0 radical (unpaired) electrons. The Bertz CT molecular complexity index is 1150. The summed E-state index contributed by atoms with van der Waals surface area (Å²) < 4.78 is 5.98. The minimum absolute atomic E-state index is 0.0555. The molecule has 3 aromatic carbocycles. The highest BCUT2D eigenvalue weighted by Crippen LogP contribution is 2.53. The molecule has 2 fully saturated rings. The summed E-state index contributed by atoms with van der Waals surface area (Å²) in [6.45, 7) is 0. The molecule has 1 saturated carbocycles. The number of anilines is 1. The lowest BCUT2D eigenvalue weighted by Crippen LogP contribution is -2.32. The predicted octanol–water partition coefficient (Wildman–Crippen LogP) is 4.94. The average Bonchev–Trinajstić information content (AvgIpc) is 3.43. The highest BCUT2D eigenvalue weighted by atomic mass is 16.5. The number of hydrogen-bond acceptors (Lipinski definition) is 3. The fourth-order valence-electron chi connectivity index (χ4n) is 5.19. The van der Waals surface area contributed by atoms with E-state index in [1.165, 1.54) is 4.90 Å². The fraction of sp³-hybridized carbons (Fsp3) is 0.200. The lowest BCUT2D eigenvalue weighted by Gasteiger charge is -2.17. The molecule has 2 amide bonds. The Kier molecular flexibility index (Phi) is 3.45. The van der Waals surface area contributed by atoms with E-state index in [9.17, 15) is 9.59 Å². The molecule has 0 aromatic heterocycles. The third-order valence-electron chi connectivity index (χ3n) is 6.52. The van der Waals surface area contributed by atoms with Crippen LogP contribution in [0.1, 0.15) is 6.42 Å². The van der Waals surface area contributed by atoms with Crippen LogP contribution in [0.3, 0.4) is 0 Å². The van der Waals surface area contributed by atoms with Crippen molar-refractivity contribution in [2.45, 2.75) is 6.42 Å². The Morgan fingerprint density at radius 2 is 1.34 bits per heavy atom. The first-order chi connectivity index (χ1) is 14.2. The maximum absolute atomic E-state index is 12.9. The number of allylic oxidation sites excluding steroid dienone is 2. The van der Waals surface area contributed by atoms with Gasteiger partial charge in [0.15, 0.2) is 0 Å². The smallest absolute Gasteiger partial charge is 0.238 e. The van der Waals surface area contributed by atoms with Crippen LogP contribution in [0.15, 0.2) is 78.9 Å². The molecule has 3 aliphatic rings. The van der Waals surface area contributed by atoms with Gasteiger partial charge in [-0.25, -0.2) is 0 Å². The molecule has 0 unspecified atom stereocenters. The van der Waals surface area contributed by atoms with Gasteiger partial charge in [0.1, 0.15) is 11.5 Å². The molecule has 1 heterocycles. The molecule has 3 aromatic rings. The fourth-order valence-corrected chi connectivity index (χ4v) is 5.19. The van der Waals surface area contributed by atoms with Gasteiger partial charge in [-0.15, -0.1) is 0 Å². The highest BCUT2D eigenvalue weighted by molar-refractivity contribution is 6.22. The number of benzene rings is 3. The zero-order valence-electron chi connectivity index (χ0n) is 15.7. The van der Waals surface area contributed by atoms with Crippen molar-refractivity contribution >= 4 is 28.3 Å². The van der Waals surface area contributed by atoms with E-state index in [-0.39, 0.29) is 35.5 Å². The van der Waals surface area contributed by atoms with Gasteiger partial charge in [0.05, 0.1) is 17.5 Å². The van der Waals surface area contributed by atoms with E-state index in [1.807, 2.05) is 42.5 Å². The predicted molar refractivity (Wildman–Crippen MR) is 111 cm³/mol. The van der Waals surface area contributed by atoms with Gasteiger partial charge < -0.3 is 4.74 Å². The van der Waals surface area contributed by atoms with E-state index in [2.05, 4.69) is 24.3 Å². The number of amides is 2. The number of nitrogens with zero attached hydrogens (tertiary/aromatic N) is 1. The van der Waals surface area contributed by atoms with Crippen molar-refractivity contribution in [2.75, 3.05) is 4.90 Å². The van der Waals surface area contributed by atoms with E-state index >= 15 is 0 Å². The Morgan fingerprint density at radius 1 is 0.724 bits per heavy atom. The maximum Gasteiger partial charge on any atom is 0.238 e. The van der Waals surface area contributed by atoms with Gasteiger partial charge in [-0.05, 0) is 65.4 Å². The van der Waals surface area contributed by atoms with Crippen molar-refractivity contribution in [1.82, 2.24) is 0 Å². The topological polar surface area (TPSA) is 46.6 Å². The van der Waals surface area contributed by atoms with Crippen LogP contribution in [-0.4, -0.2) is 11.8 Å². The average molecular weight is 381 g/mol. The molecule has 4 atom stereocenters. The largest absolute Gasteiger partial charge is 0.457 e. The molecule has 29 heavy (non-hydrogen) atoms. The standard InChI is InChI=1S/C25H19NO3/c27-24-22-17-5-6-18(13-17)23(22)25(28)26(24)19-8-11-20(12-9-19)29-21-10-7-15-3-1-2-4-16(15)14-21/h1-12,14,17-18,22-23H,13H2/t17-,18+,22+,23-. The normalized spacial score (nSPS) is 27.1. The first kappa shape index (κ1) is 16.5. The second-order valence-corrected chi connectivity index (χ2v) is 8.12. The second kappa shape index (κ2) is 6.05. The van der Waals surface area contributed by atoms with E-state index in [4.69, 9.17) is 4.74 Å². The number of carbonyl (C=O) groups is 2. The molecular weight excluding hydrogens is 362 g/mol. The van der Waals surface area contributed by atoms with Crippen LogP contribution in [0.5, 0.6) is 11.5 Å². The van der Waals surface area contributed by atoms with Gasteiger partial charge in [0, 0.05) is 0 Å². The number of imide groups is 1. The zero-order valence-corrected chi connectivity index (χ0v) is 15.7. The molecule has 0 N–H and O–H groups in total. The molecule has 2 aliphatic carbocycles. The van der Waals surface area contributed by atoms with Crippen molar-refractivity contribution < 1.29 is 14.3 Å². The molecule has 1 aliphatic heterocycles. The minimum atomic E-state index is -0.175. The van der Waals surface area contributed by atoms with Crippen molar-refractivity contribution in [1.29, 1.82) is 0 Å². The SMILES string of the molecule is O=C1[C@@H]2[C@H](C(=O)N1c1ccc(Oc3ccc4ccccc4c3)cc1)[C@H]1C=C[C@@H]2C1. The van der Waals surface area contributed by atoms with Crippen molar-refractivity contribution in [3.8, 4) is 11.5 Å². The highest BCUT2D eigenvalue weighted by Gasteiger charge is 2.59. The van der Waals surface area contributed by atoms with Crippen molar-refractivity contribution in [3.63, 3.8) is 0 Å². The summed E-state index contributed by atoms with van der Waals surface area (Å²) in [5, 5.41) is 2.28. The van der Waals surface area contributed by atoms with Crippen LogP contribution < -0.4 is 9.64 Å². The maximum atomic E-state index is 12.9. The summed E-state index contributed by atoms with van der Waals surface area (Å²) >= 11 is 0. The van der Waals surface area contributed by atoms with Gasteiger partial charge in [0.2, 0.25) is 11.8 Å². The van der Waals surface area contributed by atoms with Gasteiger partial charge >= 0.3 is 0 Å². The van der Waals surface area contributed by atoms with E-state index in [1.54, 1.807) is 12.1 Å². The van der Waals surface area contributed by atoms with Crippen LogP contribution in [0, 0.1) is 23.7 Å². The molecule has 4 nitrogen and oxygen atoms in total. The summed E-state index contributed by atoms with van der Waals surface area (Å²) in [6, 6.07) is 21.3. The monoisotopic (exact) mass is 381 g/mol. The third kappa shape index (κ3) is 2.45. The van der Waals surface area contributed by atoms with Crippen LogP contribution in [0.25, 0.3) is 10.8 Å². The number of carbonyl (C=O) groups excluding carboxylic acids is 2. The molecule has 6 rings (SSSR count). The van der Waals surface area contributed by atoms with Crippen LogP contribution >= 0.6 is 0 Å². The molecule has 142 valence electrons. The first-order valence-corrected chi connectivity index (χ1v) is 10.0. The molecule has 2 bridgehead atoms. The zero-order chi connectivity index (χ0) is 19.5. The van der Waals surface area contributed by atoms with E-state index in [0.29, 0.717) is 11.4 Å². The summed E-state index contributed by atoms with van der Waals surface area (Å²) in [7, 11) is 0. The second-order valence-electron chi connectivity index (χ2n) is 8.12. The lowest BCUT2D eigenvalue weighted by molar-refractivity contribution is -0.123. The van der Waals surface area contributed by atoms with Crippen LogP contribution in [-0.2, 0) is 9.59 Å². The summed E-state index contributed by atoms with van der Waals surface area (Å²) in [6.07, 6.45) is 5.17. The summed E-state index contributed by atoms with van der Waals surface area (Å²) in [5.74, 6) is 1.41. The van der Waals surface area contributed by atoms with Crippen molar-refractivity contribution in [3.05, 3.63) is 78.9 Å². The third-order valence-corrected chi connectivity index (χ3v) is 6.52. The number of hydrogen-bond donors (Lipinski definition) is 0. The van der Waals surface area contributed by atoms with Crippen LogP contribution in [0.2, 0.25) is 0 Å². The summed E-state index contributed by atoms with van der Waals surface area (Å²) in [5.41, 5.74) is 0.625. The number of ether oxygens (including phenoxy) is 1. The molecule has 4 heteroatoms. The molecule has 0 spiro atoms. The number of fused-ring (bicyclic) bond motifs is 6.